The van der Waals surface area contributed by atoms with Crippen molar-refractivity contribution in [2.75, 3.05) is 26.2 Å². The Morgan fingerprint density at radius 1 is 0.947 bits per heavy atom. The minimum atomic E-state index is 0.707. The number of hydrogen-bond donors (Lipinski definition) is 0. The van der Waals surface area contributed by atoms with Crippen molar-refractivity contribution < 1.29 is 4.74 Å². The summed E-state index contributed by atoms with van der Waals surface area (Å²) in [5.41, 5.74) is 1.27. The normalized spacial score (nSPS) is 11.6. The molecule has 0 radical (unpaired) electrons. The largest absolute Gasteiger partial charge is 0.492 e. The number of rotatable bonds is 8. The highest BCUT2D eigenvalue weighted by Crippen LogP contribution is 2.11. The van der Waals surface area contributed by atoms with Crippen LogP contribution in [-0.4, -0.2) is 31.1 Å². The van der Waals surface area contributed by atoms with Gasteiger partial charge in [-0.05, 0) is 30.9 Å². The van der Waals surface area contributed by atoms with Crippen LogP contribution in [0.3, 0.4) is 0 Å². The van der Waals surface area contributed by atoms with Gasteiger partial charge in [0, 0.05) is 19.6 Å². The second-order valence-electron chi connectivity index (χ2n) is 6.21. The second-order valence-corrected chi connectivity index (χ2v) is 6.21. The van der Waals surface area contributed by atoms with E-state index in [0.29, 0.717) is 11.8 Å². The second kappa shape index (κ2) is 8.21. The topological polar surface area (TPSA) is 12.5 Å². The van der Waals surface area contributed by atoms with E-state index >= 15 is 0 Å². The van der Waals surface area contributed by atoms with Gasteiger partial charge in [-0.2, -0.15) is 0 Å². The maximum absolute atomic E-state index is 5.81. The molecule has 0 heterocycles. The summed E-state index contributed by atoms with van der Waals surface area (Å²) in [6.07, 6.45) is 0. The molecule has 19 heavy (non-hydrogen) atoms. The number of benzene rings is 1. The van der Waals surface area contributed by atoms with E-state index in [0.717, 1.165) is 32.0 Å². The summed E-state index contributed by atoms with van der Waals surface area (Å²) in [6, 6.07) is 8.28. The Labute approximate surface area is 118 Å². The first-order chi connectivity index (χ1) is 8.97. The molecule has 2 heteroatoms. The number of aryl methyl sites for hydroxylation is 1. The highest BCUT2D eigenvalue weighted by molar-refractivity contribution is 5.26. The standard InChI is InChI=1S/C17H29NO/c1-14(2)12-18(13-15(3)4)10-11-19-17-8-6-16(5)7-9-17/h6-9,14-15H,10-13H2,1-5H3. The maximum Gasteiger partial charge on any atom is 0.119 e. The number of nitrogens with zero attached hydrogens (tertiary/aromatic N) is 1. The first-order valence-electron chi connectivity index (χ1n) is 7.39. The Morgan fingerprint density at radius 3 is 1.95 bits per heavy atom. The zero-order valence-electron chi connectivity index (χ0n) is 13.1. The first kappa shape index (κ1) is 16.0. The van der Waals surface area contributed by atoms with Gasteiger partial charge in [0.15, 0.2) is 0 Å². The zero-order chi connectivity index (χ0) is 14.3. The van der Waals surface area contributed by atoms with Crippen LogP contribution in [0.4, 0.5) is 0 Å². The molecule has 0 aliphatic rings. The summed E-state index contributed by atoms with van der Waals surface area (Å²) in [5, 5.41) is 0. The molecule has 0 saturated heterocycles. The van der Waals surface area contributed by atoms with E-state index in [9.17, 15) is 0 Å². The fourth-order valence-corrected chi connectivity index (χ4v) is 2.22. The molecule has 1 aromatic carbocycles. The molecule has 0 unspecified atom stereocenters. The Balaban J connectivity index is 2.36. The summed E-state index contributed by atoms with van der Waals surface area (Å²) in [5.74, 6) is 2.39. The van der Waals surface area contributed by atoms with Crippen molar-refractivity contribution in [2.24, 2.45) is 11.8 Å². The van der Waals surface area contributed by atoms with E-state index in [-0.39, 0.29) is 0 Å². The monoisotopic (exact) mass is 263 g/mol. The van der Waals surface area contributed by atoms with E-state index in [1.54, 1.807) is 0 Å². The van der Waals surface area contributed by atoms with Crippen LogP contribution in [0.1, 0.15) is 33.3 Å². The van der Waals surface area contributed by atoms with Crippen molar-refractivity contribution in [3.63, 3.8) is 0 Å². The number of hydrogen-bond acceptors (Lipinski definition) is 2. The van der Waals surface area contributed by atoms with Crippen molar-refractivity contribution >= 4 is 0 Å². The van der Waals surface area contributed by atoms with Crippen molar-refractivity contribution in [1.29, 1.82) is 0 Å². The molecule has 2 nitrogen and oxygen atoms in total. The number of ether oxygens (including phenoxy) is 1. The summed E-state index contributed by atoms with van der Waals surface area (Å²) >= 11 is 0. The molecule has 1 aromatic rings. The molecule has 0 bridgehead atoms. The van der Waals surface area contributed by atoms with E-state index < -0.39 is 0 Å². The zero-order valence-corrected chi connectivity index (χ0v) is 13.1. The average molecular weight is 263 g/mol. The fourth-order valence-electron chi connectivity index (χ4n) is 2.22. The quantitative estimate of drug-likeness (QED) is 0.703. The minimum Gasteiger partial charge on any atom is -0.492 e. The molecular weight excluding hydrogens is 234 g/mol. The van der Waals surface area contributed by atoms with E-state index in [1.165, 1.54) is 5.56 Å². The van der Waals surface area contributed by atoms with Gasteiger partial charge in [-0.15, -0.1) is 0 Å². The summed E-state index contributed by atoms with van der Waals surface area (Å²) in [4.78, 5) is 2.50. The van der Waals surface area contributed by atoms with Crippen LogP contribution in [0.25, 0.3) is 0 Å². The van der Waals surface area contributed by atoms with Gasteiger partial charge in [0.2, 0.25) is 0 Å². The Hall–Kier alpha value is -1.02. The Kier molecular flexibility index (Phi) is 6.93. The smallest absolute Gasteiger partial charge is 0.119 e. The maximum atomic E-state index is 5.81. The molecule has 0 atom stereocenters. The molecular formula is C17H29NO. The summed E-state index contributed by atoms with van der Waals surface area (Å²) in [7, 11) is 0. The van der Waals surface area contributed by atoms with Crippen molar-refractivity contribution in [3.05, 3.63) is 29.8 Å². The minimum absolute atomic E-state index is 0.707. The molecule has 0 fully saturated rings. The van der Waals surface area contributed by atoms with Gasteiger partial charge >= 0.3 is 0 Å². The molecule has 0 N–H and O–H groups in total. The van der Waals surface area contributed by atoms with Gasteiger partial charge in [-0.3, -0.25) is 4.90 Å². The van der Waals surface area contributed by atoms with Gasteiger partial charge < -0.3 is 4.74 Å². The van der Waals surface area contributed by atoms with Crippen LogP contribution < -0.4 is 4.74 Å². The highest BCUT2D eigenvalue weighted by atomic mass is 16.5. The van der Waals surface area contributed by atoms with Crippen molar-refractivity contribution in [3.8, 4) is 5.75 Å². The Morgan fingerprint density at radius 2 is 1.47 bits per heavy atom. The summed E-state index contributed by atoms with van der Waals surface area (Å²) < 4.78 is 5.81. The van der Waals surface area contributed by atoms with E-state index in [2.05, 4.69) is 51.7 Å². The lowest BCUT2D eigenvalue weighted by atomic mass is 10.1. The van der Waals surface area contributed by atoms with Crippen LogP contribution in [0, 0.1) is 18.8 Å². The van der Waals surface area contributed by atoms with Gasteiger partial charge in [-0.1, -0.05) is 45.4 Å². The van der Waals surface area contributed by atoms with Crippen molar-refractivity contribution in [2.45, 2.75) is 34.6 Å². The molecule has 108 valence electrons. The average Bonchev–Trinajstić information content (AvgIpc) is 2.30. The third kappa shape index (κ3) is 7.22. The third-order valence-corrected chi connectivity index (χ3v) is 2.94. The van der Waals surface area contributed by atoms with Gasteiger partial charge in [0.05, 0.1) is 0 Å². The lowest BCUT2D eigenvalue weighted by Gasteiger charge is -2.26. The summed E-state index contributed by atoms with van der Waals surface area (Å²) in [6.45, 7) is 15.2. The van der Waals surface area contributed by atoms with E-state index in [4.69, 9.17) is 4.74 Å². The predicted molar refractivity (Wildman–Crippen MR) is 82.8 cm³/mol. The van der Waals surface area contributed by atoms with Crippen LogP contribution in [-0.2, 0) is 0 Å². The molecule has 0 aliphatic heterocycles. The van der Waals surface area contributed by atoms with Crippen LogP contribution in [0.5, 0.6) is 5.75 Å². The van der Waals surface area contributed by atoms with E-state index in [1.807, 2.05) is 12.1 Å². The molecule has 0 saturated carbocycles. The first-order valence-corrected chi connectivity index (χ1v) is 7.39. The molecule has 0 aromatic heterocycles. The van der Waals surface area contributed by atoms with Crippen LogP contribution >= 0.6 is 0 Å². The van der Waals surface area contributed by atoms with Gasteiger partial charge in [0.25, 0.3) is 0 Å². The molecule has 0 amide bonds. The lowest BCUT2D eigenvalue weighted by Crippen LogP contribution is -2.34. The SMILES string of the molecule is Cc1ccc(OCCN(CC(C)C)CC(C)C)cc1. The Bertz CT molecular complexity index is 333. The lowest BCUT2D eigenvalue weighted by molar-refractivity contribution is 0.177. The highest BCUT2D eigenvalue weighted by Gasteiger charge is 2.09. The van der Waals surface area contributed by atoms with Gasteiger partial charge in [0.1, 0.15) is 12.4 Å². The van der Waals surface area contributed by atoms with Crippen molar-refractivity contribution in [1.82, 2.24) is 4.90 Å². The molecule has 0 spiro atoms. The van der Waals surface area contributed by atoms with Crippen LogP contribution in [0.15, 0.2) is 24.3 Å². The molecule has 0 aliphatic carbocycles. The fraction of sp³-hybridized carbons (Fsp3) is 0.647. The molecule has 1 rings (SSSR count). The predicted octanol–water partition coefficient (Wildman–Crippen LogP) is 3.99. The van der Waals surface area contributed by atoms with Crippen LogP contribution in [0.2, 0.25) is 0 Å². The third-order valence-electron chi connectivity index (χ3n) is 2.94. The van der Waals surface area contributed by atoms with Gasteiger partial charge in [-0.25, -0.2) is 0 Å².